The lowest BCUT2D eigenvalue weighted by atomic mass is 10.2. The third-order valence-electron chi connectivity index (χ3n) is 3.59. The topological polar surface area (TPSA) is 85.8 Å². The van der Waals surface area contributed by atoms with E-state index < -0.39 is 0 Å². The van der Waals surface area contributed by atoms with Crippen molar-refractivity contribution in [3.05, 3.63) is 17.8 Å². The fraction of sp³-hybridized carbons (Fsp3) is 0.500. The zero-order valence-corrected chi connectivity index (χ0v) is 11.6. The maximum Gasteiger partial charge on any atom is 0.220 e. The van der Waals surface area contributed by atoms with E-state index in [1.54, 1.807) is 6.20 Å². The van der Waals surface area contributed by atoms with Gasteiger partial charge in [0.2, 0.25) is 11.9 Å². The minimum atomic E-state index is 0.125. The molecule has 1 fully saturated rings. The minimum Gasteiger partial charge on any atom is -0.369 e. The average Bonchev–Trinajstić information content (AvgIpc) is 3.15. The molecule has 1 amide bonds. The van der Waals surface area contributed by atoms with Crippen LogP contribution in [0.15, 0.2) is 12.3 Å². The summed E-state index contributed by atoms with van der Waals surface area (Å²) in [6, 6.07) is 2.34. The van der Waals surface area contributed by atoms with Crippen molar-refractivity contribution >= 4 is 23.0 Å². The Morgan fingerprint density at radius 2 is 2.35 bits per heavy atom. The molecule has 2 aromatic heterocycles. The molecule has 0 radical (unpaired) electrons. The first-order valence-electron chi connectivity index (χ1n) is 7.02. The Morgan fingerprint density at radius 1 is 1.55 bits per heavy atom. The van der Waals surface area contributed by atoms with Crippen LogP contribution in [-0.2, 0) is 11.3 Å². The van der Waals surface area contributed by atoms with E-state index in [1.807, 2.05) is 17.6 Å². The van der Waals surface area contributed by atoms with E-state index in [0.717, 1.165) is 36.0 Å². The van der Waals surface area contributed by atoms with Gasteiger partial charge >= 0.3 is 0 Å². The Hall–Kier alpha value is -2.11. The molecule has 2 heterocycles. The maximum absolute atomic E-state index is 11.6. The van der Waals surface area contributed by atoms with Crippen LogP contribution < -0.4 is 11.1 Å². The number of nitrogens with two attached hydrogens (primary N) is 1. The van der Waals surface area contributed by atoms with Crippen LogP contribution in [0, 0.1) is 6.92 Å². The predicted molar refractivity (Wildman–Crippen MR) is 77.1 cm³/mol. The van der Waals surface area contributed by atoms with Gasteiger partial charge in [0.15, 0.2) is 5.65 Å². The molecule has 0 aliphatic heterocycles. The van der Waals surface area contributed by atoms with Gasteiger partial charge in [-0.2, -0.15) is 0 Å². The largest absolute Gasteiger partial charge is 0.369 e. The monoisotopic (exact) mass is 273 g/mol. The number of imidazole rings is 1. The number of carbonyl (C=O) groups excluding carboxylic acids is 1. The molecule has 106 valence electrons. The standard InChI is InChI=1S/C14H19N5O/c1-9-6-7-16-13-12(9)18-14(15)19(13)8-2-3-11(20)17-10-4-5-10/h6-7,10H,2-5,8H2,1H3,(H2,15,18)(H,17,20). The van der Waals surface area contributed by atoms with Crippen LogP contribution in [0.5, 0.6) is 0 Å². The van der Waals surface area contributed by atoms with Crippen molar-refractivity contribution in [2.45, 2.75) is 45.2 Å². The lowest BCUT2D eigenvalue weighted by Crippen LogP contribution is -2.25. The van der Waals surface area contributed by atoms with Gasteiger partial charge in [-0.3, -0.25) is 9.36 Å². The highest BCUT2D eigenvalue weighted by molar-refractivity contribution is 5.78. The summed E-state index contributed by atoms with van der Waals surface area (Å²) in [4.78, 5) is 20.3. The Kier molecular flexibility index (Phi) is 3.30. The molecular formula is C14H19N5O. The molecule has 3 N–H and O–H groups in total. The van der Waals surface area contributed by atoms with Crippen LogP contribution in [0.2, 0.25) is 0 Å². The van der Waals surface area contributed by atoms with Crippen LogP contribution >= 0.6 is 0 Å². The highest BCUT2D eigenvalue weighted by Crippen LogP contribution is 2.20. The molecule has 1 aliphatic carbocycles. The number of anilines is 1. The summed E-state index contributed by atoms with van der Waals surface area (Å²) < 4.78 is 1.88. The molecule has 0 aromatic carbocycles. The molecule has 0 atom stereocenters. The minimum absolute atomic E-state index is 0.125. The van der Waals surface area contributed by atoms with Gasteiger partial charge in [-0.25, -0.2) is 9.97 Å². The van der Waals surface area contributed by atoms with Crippen molar-refractivity contribution in [3.63, 3.8) is 0 Å². The van der Waals surface area contributed by atoms with Gasteiger partial charge in [0.1, 0.15) is 5.52 Å². The van der Waals surface area contributed by atoms with Crippen molar-refractivity contribution in [2.24, 2.45) is 0 Å². The molecule has 3 rings (SSSR count). The average molecular weight is 273 g/mol. The molecule has 2 aromatic rings. The molecule has 1 saturated carbocycles. The molecule has 1 aliphatic rings. The summed E-state index contributed by atoms with van der Waals surface area (Å²) in [6.07, 6.45) is 5.25. The molecule has 6 heteroatoms. The highest BCUT2D eigenvalue weighted by atomic mass is 16.1. The fourth-order valence-corrected chi connectivity index (χ4v) is 2.30. The Bertz CT molecular complexity index is 644. The maximum atomic E-state index is 11.6. The van der Waals surface area contributed by atoms with Crippen LogP contribution in [0.3, 0.4) is 0 Å². The first-order valence-corrected chi connectivity index (χ1v) is 7.02. The smallest absolute Gasteiger partial charge is 0.220 e. The second-order valence-electron chi connectivity index (χ2n) is 5.37. The van der Waals surface area contributed by atoms with E-state index in [9.17, 15) is 4.79 Å². The van der Waals surface area contributed by atoms with Crippen LogP contribution in [0.4, 0.5) is 5.95 Å². The van der Waals surface area contributed by atoms with Gasteiger partial charge in [-0.1, -0.05) is 0 Å². The molecule has 20 heavy (non-hydrogen) atoms. The van der Waals surface area contributed by atoms with Gasteiger partial charge in [-0.15, -0.1) is 0 Å². The van der Waals surface area contributed by atoms with Crippen LogP contribution in [0.25, 0.3) is 11.2 Å². The number of hydrogen-bond donors (Lipinski definition) is 2. The molecule has 0 saturated heterocycles. The van der Waals surface area contributed by atoms with Gasteiger partial charge < -0.3 is 11.1 Å². The Morgan fingerprint density at radius 3 is 3.10 bits per heavy atom. The highest BCUT2D eigenvalue weighted by Gasteiger charge is 2.22. The molecule has 0 bridgehead atoms. The number of nitrogens with zero attached hydrogens (tertiary/aromatic N) is 3. The van der Waals surface area contributed by atoms with Gasteiger partial charge in [0.25, 0.3) is 0 Å². The number of hydrogen-bond acceptors (Lipinski definition) is 4. The molecule has 6 nitrogen and oxygen atoms in total. The summed E-state index contributed by atoms with van der Waals surface area (Å²) in [5, 5.41) is 2.98. The van der Waals surface area contributed by atoms with E-state index in [4.69, 9.17) is 5.73 Å². The second-order valence-corrected chi connectivity index (χ2v) is 5.37. The Balaban J connectivity index is 1.66. The number of nitrogen functional groups attached to an aromatic ring is 1. The van der Waals surface area contributed by atoms with Crippen LogP contribution in [0.1, 0.15) is 31.2 Å². The summed E-state index contributed by atoms with van der Waals surface area (Å²) in [6.45, 7) is 2.65. The third-order valence-corrected chi connectivity index (χ3v) is 3.59. The summed E-state index contributed by atoms with van der Waals surface area (Å²) in [5.41, 5.74) is 8.64. The van der Waals surface area contributed by atoms with Gasteiger partial charge in [0.05, 0.1) is 0 Å². The lowest BCUT2D eigenvalue weighted by Gasteiger charge is -2.06. The van der Waals surface area contributed by atoms with Crippen molar-refractivity contribution in [1.29, 1.82) is 0 Å². The predicted octanol–water partition coefficient (Wildman–Crippen LogP) is 1.38. The number of amides is 1. The van der Waals surface area contributed by atoms with Gasteiger partial charge in [0, 0.05) is 25.2 Å². The first-order chi connectivity index (χ1) is 9.65. The van der Waals surface area contributed by atoms with Crippen LogP contribution in [-0.4, -0.2) is 26.5 Å². The number of aryl methyl sites for hydroxylation is 2. The normalized spacial score (nSPS) is 14.7. The van der Waals surface area contributed by atoms with E-state index in [0.29, 0.717) is 25.0 Å². The quantitative estimate of drug-likeness (QED) is 0.861. The number of nitrogens with one attached hydrogen (secondary N) is 1. The summed E-state index contributed by atoms with van der Waals surface area (Å²) >= 11 is 0. The number of rotatable bonds is 5. The van der Waals surface area contributed by atoms with E-state index in [2.05, 4.69) is 15.3 Å². The zero-order valence-electron chi connectivity index (χ0n) is 11.6. The molecule has 0 spiro atoms. The molecular weight excluding hydrogens is 254 g/mol. The summed E-state index contributed by atoms with van der Waals surface area (Å²) in [7, 11) is 0. The Labute approximate surface area is 117 Å². The van der Waals surface area contributed by atoms with E-state index >= 15 is 0 Å². The summed E-state index contributed by atoms with van der Waals surface area (Å²) in [5.74, 6) is 0.587. The van der Waals surface area contributed by atoms with Crippen molar-refractivity contribution < 1.29 is 4.79 Å². The van der Waals surface area contributed by atoms with Crippen molar-refractivity contribution in [2.75, 3.05) is 5.73 Å². The fourth-order valence-electron chi connectivity index (χ4n) is 2.30. The third kappa shape index (κ3) is 2.59. The lowest BCUT2D eigenvalue weighted by molar-refractivity contribution is -0.121. The van der Waals surface area contributed by atoms with Crippen molar-refractivity contribution in [3.8, 4) is 0 Å². The van der Waals surface area contributed by atoms with Crippen molar-refractivity contribution in [1.82, 2.24) is 19.9 Å². The SMILES string of the molecule is Cc1ccnc2c1nc(N)n2CCCC(=O)NC1CC1. The van der Waals surface area contributed by atoms with E-state index in [-0.39, 0.29) is 5.91 Å². The number of fused-ring (bicyclic) bond motifs is 1. The second kappa shape index (κ2) is 5.11. The van der Waals surface area contributed by atoms with Gasteiger partial charge in [-0.05, 0) is 37.8 Å². The molecule has 0 unspecified atom stereocenters. The number of carbonyl (C=O) groups is 1. The first kappa shape index (κ1) is 12.9. The zero-order chi connectivity index (χ0) is 14.1. The van der Waals surface area contributed by atoms with E-state index in [1.165, 1.54) is 0 Å². The number of aromatic nitrogens is 3. The number of pyridine rings is 1.